The van der Waals surface area contributed by atoms with Gasteiger partial charge in [-0.1, -0.05) is 37.3 Å². The fraction of sp³-hybridized carbons (Fsp3) is 0.467. The van der Waals surface area contributed by atoms with E-state index in [1.54, 1.807) is 11.8 Å². The molecule has 108 valence electrons. The van der Waals surface area contributed by atoms with Gasteiger partial charge in [0.25, 0.3) is 0 Å². The monoisotopic (exact) mass is 308 g/mol. The van der Waals surface area contributed by atoms with Crippen molar-refractivity contribution in [2.24, 2.45) is 11.7 Å². The van der Waals surface area contributed by atoms with Gasteiger partial charge in [0, 0.05) is 23.9 Å². The lowest BCUT2D eigenvalue weighted by Crippen LogP contribution is -2.42. The van der Waals surface area contributed by atoms with E-state index in [1.807, 2.05) is 30.9 Å². The molecule has 20 heavy (non-hydrogen) atoms. The van der Waals surface area contributed by atoms with Gasteiger partial charge in [0.05, 0.1) is 10.2 Å². The second-order valence-corrected chi connectivity index (χ2v) is 6.81. The topological polar surface area (TPSA) is 46.3 Å². The van der Waals surface area contributed by atoms with Gasteiger partial charge in [-0.25, -0.2) is 0 Å². The lowest BCUT2D eigenvalue weighted by molar-refractivity contribution is -0.130. The van der Waals surface area contributed by atoms with Crippen molar-refractivity contribution in [3.8, 4) is 0 Å². The van der Waals surface area contributed by atoms with Crippen molar-refractivity contribution in [3.05, 3.63) is 29.8 Å². The molecule has 1 amide bonds. The molecule has 2 unspecified atom stereocenters. The first kappa shape index (κ1) is 15.3. The van der Waals surface area contributed by atoms with Gasteiger partial charge in [-0.15, -0.1) is 11.8 Å². The van der Waals surface area contributed by atoms with Gasteiger partial charge < -0.3 is 10.6 Å². The Labute approximate surface area is 129 Å². The normalized spacial score (nSPS) is 18.4. The highest BCUT2D eigenvalue weighted by atomic mass is 32.2. The third-order valence-electron chi connectivity index (χ3n) is 3.60. The van der Waals surface area contributed by atoms with E-state index in [2.05, 4.69) is 12.1 Å². The number of nitrogens with two attached hydrogens (primary N) is 1. The predicted octanol–water partition coefficient (Wildman–Crippen LogP) is 2.47. The van der Waals surface area contributed by atoms with Crippen LogP contribution in [0.1, 0.15) is 19.4 Å². The fourth-order valence-electron chi connectivity index (χ4n) is 2.32. The number of benzene rings is 1. The van der Waals surface area contributed by atoms with Gasteiger partial charge in [-0.2, -0.15) is 0 Å². The Bertz CT molecular complexity index is 493. The van der Waals surface area contributed by atoms with Crippen molar-refractivity contribution in [1.82, 2.24) is 4.90 Å². The summed E-state index contributed by atoms with van der Waals surface area (Å²) in [5.74, 6) is 0.250. The maximum absolute atomic E-state index is 12.6. The highest BCUT2D eigenvalue weighted by molar-refractivity contribution is 8.01. The standard InChI is InChI=1S/C15H20N2OS2/c1-3-17(9-10(2)14(16)19)15(18)13-8-11-6-4-5-7-12(11)20-13/h4-7,10,13H,3,8-9H2,1-2H3,(H2,16,19). The van der Waals surface area contributed by atoms with Crippen LogP contribution < -0.4 is 5.73 Å². The largest absolute Gasteiger partial charge is 0.393 e. The molecule has 2 rings (SSSR count). The van der Waals surface area contributed by atoms with Crippen molar-refractivity contribution in [1.29, 1.82) is 0 Å². The molecule has 0 fully saturated rings. The van der Waals surface area contributed by atoms with Crippen LogP contribution in [-0.2, 0) is 11.2 Å². The molecule has 0 aromatic heterocycles. The van der Waals surface area contributed by atoms with Crippen LogP contribution in [-0.4, -0.2) is 34.1 Å². The van der Waals surface area contributed by atoms with E-state index in [-0.39, 0.29) is 17.1 Å². The van der Waals surface area contributed by atoms with Crippen molar-refractivity contribution in [3.63, 3.8) is 0 Å². The van der Waals surface area contributed by atoms with Gasteiger partial charge in [0.15, 0.2) is 0 Å². The minimum atomic E-state index is -0.00843. The van der Waals surface area contributed by atoms with Crippen LogP contribution in [0.15, 0.2) is 29.2 Å². The summed E-state index contributed by atoms with van der Waals surface area (Å²) in [4.78, 5) is 16.2. The molecule has 0 spiro atoms. The summed E-state index contributed by atoms with van der Waals surface area (Å²) >= 11 is 6.67. The summed E-state index contributed by atoms with van der Waals surface area (Å²) in [5, 5.41) is -0.00843. The summed E-state index contributed by atoms with van der Waals surface area (Å²) in [6.07, 6.45) is 0.817. The van der Waals surface area contributed by atoms with E-state index < -0.39 is 0 Å². The van der Waals surface area contributed by atoms with Gasteiger partial charge in [-0.3, -0.25) is 4.79 Å². The van der Waals surface area contributed by atoms with Gasteiger partial charge in [-0.05, 0) is 25.0 Å². The molecule has 2 atom stereocenters. The zero-order chi connectivity index (χ0) is 14.7. The first-order chi connectivity index (χ1) is 9.52. The molecule has 5 heteroatoms. The molecule has 0 aliphatic carbocycles. The molecule has 1 aromatic rings. The molecule has 1 aromatic carbocycles. The third-order valence-corrected chi connectivity index (χ3v) is 5.30. The quantitative estimate of drug-likeness (QED) is 0.849. The van der Waals surface area contributed by atoms with E-state index >= 15 is 0 Å². The number of carbonyl (C=O) groups excluding carboxylic acids is 1. The lowest BCUT2D eigenvalue weighted by Gasteiger charge is -2.26. The van der Waals surface area contributed by atoms with E-state index in [9.17, 15) is 4.79 Å². The second kappa shape index (κ2) is 6.59. The molecule has 2 N–H and O–H groups in total. The SMILES string of the molecule is CCN(CC(C)C(N)=S)C(=O)C1Cc2ccccc2S1. The Morgan fingerprint density at radius 3 is 2.85 bits per heavy atom. The summed E-state index contributed by atoms with van der Waals surface area (Å²) in [6, 6.07) is 8.23. The first-order valence-corrected chi connectivity index (χ1v) is 8.14. The average molecular weight is 308 g/mol. The number of hydrogen-bond acceptors (Lipinski definition) is 3. The highest BCUT2D eigenvalue weighted by Crippen LogP contribution is 2.37. The minimum Gasteiger partial charge on any atom is -0.393 e. The molecule has 3 nitrogen and oxygen atoms in total. The Kier molecular flexibility index (Phi) is 5.05. The van der Waals surface area contributed by atoms with E-state index in [4.69, 9.17) is 18.0 Å². The van der Waals surface area contributed by atoms with Crippen LogP contribution in [0.3, 0.4) is 0 Å². The number of rotatable bonds is 5. The van der Waals surface area contributed by atoms with E-state index in [0.717, 1.165) is 6.42 Å². The summed E-state index contributed by atoms with van der Waals surface area (Å²) < 4.78 is 0. The second-order valence-electron chi connectivity index (χ2n) is 5.10. The average Bonchev–Trinajstić information content (AvgIpc) is 2.87. The van der Waals surface area contributed by atoms with Crippen molar-refractivity contribution in [2.45, 2.75) is 30.4 Å². The predicted molar refractivity (Wildman–Crippen MR) is 88.0 cm³/mol. The van der Waals surface area contributed by atoms with Crippen LogP contribution in [0.2, 0.25) is 0 Å². The van der Waals surface area contributed by atoms with Crippen molar-refractivity contribution < 1.29 is 4.79 Å². The lowest BCUT2D eigenvalue weighted by atomic mass is 10.1. The Hall–Kier alpha value is -1.07. The molecule has 0 radical (unpaired) electrons. The summed E-state index contributed by atoms with van der Waals surface area (Å²) in [7, 11) is 0. The Morgan fingerprint density at radius 2 is 2.25 bits per heavy atom. The summed E-state index contributed by atoms with van der Waals surface area (Å²) in [5.41, 5.74) is 6.92. The maximum Gasteiger partial charge on any atom is 0.236 e. The smallest absolute Gasteiger partial charge is 0.236 e. The highest BCUT2D eigenvalue weighted by Gasteiger charge is 2.31. The fourth-order valence-corrected chi connectivity index (χ4v) is 3.67. The summed E-state index contributed by atoms with van der Waals surface area (Å²) in [6.45, 7) is 5.27. The van der Waals surface area contributed by atoms with Gasteiger partial charge >= 0.3 is 0 Å². The van der Waals surface area contributed by atoms with E-state index in [1.165, 1.54) is 10.5 Å². The molecule has 1 heterocycles. The number of amides is 1. The van der Waals surface area contributed by atoms with Crippen LogP contribution in [0.4, 0.5) is 0 Å². The van der Waals surface area contributed by atoms with Crippen LogP contribution >= 0.6 is 24.0 Å². The van der Waals surface area contributed by atoms with Crippen LogP contribution in [0.25, 0.3) is 0 Å². The van der Waals surface area contributed by atoms with Gasteiger partial charge in [0.2, 0.25) is 5.91 Å². The zero-order valence-electron chi connectivity index (χ0n) is 11.8. The van der Waals surface area contributed by atoms with Crippen molar-refractivity contribution in [2.75, 3.05) is 13.1 Å². The number of carbonyl (C=O) groups is 1. The molecule has 0 saturated heterocycles. The van der Waals surface area contributed by atoms with Gasteiger partial charge in [0.1, 0.15) is 0 Å². The Morgan fingerprint density at radius 1 is 1.55 bits per heavy atom. The number of fused-ring (bicyclic) bond motifs is 1. The molecular weight excluding hydrogens is 288 g/mol. The zero-order valence-corrected chi connectivity index (χ0v) is 13.5. The first-order valence-electron chi connectivity index (χ1n) is 6.85. The molecular formula is C15H20N2OS2. The number of hydrogen-bond donors (Lipinski definition) is 1. The number of nitrogens with zero attached hydrogens (tertiary/aromatic N) is 1. The van der Waals surface area contributed by atoms with Crippen LogP contribution in [0, 0.1) is 5.92 Å². The molecule has 0 bridgehead atoms. The third kappa shape index (κ3) is 3.33. The number of thiocarbonyl (C=S) groups is 1. The minimum absolute atomic E-state index is 0.00843. The van der Waals surface area contributed by atoms with Crippen LogP contribution in [0.5, 0.6) is 0 Å². The Balaban J connectivity index is 2.02. The number of thioether (sulfide) groups is 1. The molecule has 1 aliphatic rings. The maximum atomic E-state index is 12.6. The van der Waals surface area contributed by atoms with E-state index in [0.29, 0.717) is 18.1 Å². The molecule has 0 saturated carbocycles. The van der Waals surface area contributed by atoms with Crippen molar-refractivity contribution >= 4 is 34.9 Å². The molecule has 1 aliphatic heterocycles.